The van der Waals surface area contributed by atoms with Gasteiger partial charge in [0.05, 0.1) is 6.42 Å². The SMILES string of the molecule is O=C(O)CNC(=O)C(Cc1ccccc1)NC(=O)C(Cc1ccccc1)NC(=O)Cc1ccc2ccccc2c1. The number of aliphatic carboxylic acids is 1. The molecular formula is C32H31N3O5. The quantitative estimate of drug-likeness (QED) is 0.221. The molecule has 0 fully saturated rings. The summed E-state index contributed by atoms with van der Waals surface area (Å²) in [6.45, 7) is -0.573. The van der Waals surface area contributed by atoms with Crippen molar-refractivity contribution in [1.82, 2.24) is 16.0 Å². The second kappa shape index (κ2) is 13.7. The van der Waals surface area contributed by atoms with E-state index in [0.717, 1.165) is 27.5 Å². The Balaban J connectivity index is 1.51. The van der Waals surface area contributed by atoms with Gasteiger partial charge in [-0.05, 0) is 27.5 Å². The minimum absolute atomic E-state index is 0.0793. The van der Waals surface area contributed by atoms with Gasteiger partial charge in [0.2, 0.25) is 17.7 Å². The summed E-state index contributed by atoms with van der Waals surface area (Å²) in [6, 6.07) is 30.0. The lowest BCUT2D eigenvalue weighted by molar-refractivity contribution is -0.138. The number of nitrogens with one attached hydrogen (secondary N) is 3. The second-order valence-corrected chi connectivity index (χ2v) is 9.53. The first-order valence-electron chi connectivity index (χ1n) is 13.0. The molecule has 204 valence electrons. The molecule has 8 nitrogen and oxygen atoms in total. The lowest BCUT2D eigenvalue weighted by Crippen LogP contribution is -2.55. The summed E-state index contributed by atoms with van der Waals surface area (Å²) in [5.74, 6) is -2.69. The predicted molar refractivity (Wildman–Crippen MR) is 152 cm³/mol. The van der Waals surface area contributed by atoms with Gasteiger partial charge in [-0.15, -0.1) is 0 Å². The van der Waals surface area contributed by atoms with E-state index in [-0.39, 0.29) is 25.2 Å². The Hall–Kier alpha value is -4.98. The van der Waals surface area contributed by atoms with Crippen LogP contribution in [0.5, 0.6) is 0 Å². The molecule has 3 amide bonds. The van der Waals surface area contributed by atoms with Crippen molar-refractivity contribution in [3.63, 3.8) is 0 Å². The van der Waals surface area contributed by atoms with Crippen molar-refractivity contribution >= 4 is 34.5 Å². The summed E-state index contributed by atoms with van der Waals surface area (Å²) in [6.07, 6.45) is 0.446. The number of carbonyl (C=O) groups excluding carboxylic acids is 3. The van der Waals surface area contributed by atoms with Crippen LogP contribution in [0, 0.1) is 0 Å². The van der Waals surface area contributed by atoms with E-state index in [1.807, 2.05) is 103 Å². The van der Waals surface area contributed by atoms with Crippen LogP contribution in [-0.2, 0) is 38.4 Å². The fourth-order valence-electron chi connectivity index (χ4n) is 4.46. The summed E-state index contributed by atoms with van der Waals surface area (Å²) in [7, 11) is 0. The van der Waals surface area contributed by atoms with Gasteiger partial charge in [-0.1, -0.05) is 103 Å². The molecule has 0 heterocycles. The Labute approximate surface area is 232 Å². The standard InChI is InChI=1S/C32H31N3O5/c36-29(20-24-15-16-25-13-7-8-14-26(25)17-24)34-28(19-23-11-5-2-6-12-23)32(40)35-27(31(39)33-21-30(37)38)18-22-9-3-1-4-10-22/h1-17,27-28H,18-21H2,(H,33,39)(H,34,36)(H,35,40)(H,37,38). The Morgan fingerprint density at radius 1 is 0.600 bits per heavy atom. The average Bonchev–Trinajstić information content (AvgIpc) is 2.96. The minimum Gasteiger partial charge on any atom is -0.480 e. The van der Waals surface area contributed by atoms with E-state index in [0.29, 0.717) is 0 Å². The van der Waals surface area contributed by atoms with Crippen molar-refractivity contribution in [2.45, 2.75) is 31.3 Å². The molecule has 40 heavy (non-hydrogen) atoms. The lowest BCUT2D eigenvalue weighted by atomic mass is 10.0. The van der Waals surface area contributed by atoms with Crippen molar-refractivity contribution in [2.24, 2.45) is 0 Å². The van der Waals surface area contributed by atoms with E-state index >= 15 is 0 Å². The van der Waals surface area contributed by atoms with E-state index in [9.17, 15) is 19.2 Å². The number of carboxylic acid groups (broad SMARTS) is 1. The number of benzene rings is 4. The Morgan fingerprint density at radius 2 is 1.15 bits per heavy atom. The van der Waals surface area contributed by atoms with E-state index in [1.54, 1.807) is 0 Å². The van der Waals surface area contributed by atoms with Crippen LogP contribution in [0.4, 0.5) is 0 Å². The van der Waals surface area contributed by atoms with Gasteiger partial charge in [0.15, 0.2) is 0 Å². The largest absolute Gasteiger partial charge is 0.480 e. The zero-order valence-electron chi connectivity index (χ0n) is 21.9. The molecule has 0 spiro atoms. The van der Waals surface area contributed by atoms with Crippen LogP contribution in [0.1, 0.15) is 16.7 Å². The molecule has 4 N–H and O–H groups in total. The number of amides is 3. The normalized spacial score (nSPS) is 12.2. The number of hydrogen-bond acceptors (Lipinski definition) is 4. The summed E-state index contributed by atoms with van der Waals surface area (Å²) >= 11 is 0. The molecule has 4 aromatic carbocycles. The molecule has 0 radical (unpaired) electrons. The fourth-order valence-corrected chi connectivity index (χ4v) is 4.46. The highest BCUT2D eigenvalue weighted by molar-refractivity contribution is 5.93. The van der Waals surface area contributed by atoms with Crippen molar-refractivity contribution in [1.29, 1.82) is 0 Å². The van der Waals surface area contributed by atoms with Crippen LogP contribution in [0.2, 0.25) is 0 Å². The van der Waals surface area contributed by atoms with Crippen LogP contribution in [0.25, 0.3) is 10.8 Å². The second-order valence-electron chi connectivity index (χ2n) is 9.53. The summed E-state index contributed by atoms with van der Waals surface area (Å²) in [4.78, 5) is 50.5. The number of fused-ring (bicyclic) bond motifs is 1. The third-order valence-corrected chi connectivity index (χ3v) is 6.44. The molecule has 2 atom stereocenters. The number of carbonyl (C=O) groups is 4. The maximum Gasteiger partial charge on any atom is 0.322 e. The van der Waals surface area contributed by atoms with Gasteiger partial charge in [-0.25, -0.2) is 0 Å². The molecule has 4 rings (SSSR count). The maximum atomic E-state index is 13.5. The third-order valence-electron chi connectivity index (χ3n) is 6.44. The van der Waals surface area contributed by atoms with Crippen LogP contribution < -0.4 is 16.0 Å². The molecule has 0 aliphatic carbocycles. The smallest absolute Gasteiger partial charge is 0.322 e. The summed E-state index contributed by atoms with van der Waals surface area (Å²) in [5.41, 5.74) is 2.44. The number of hydrogen-bond donors (Lipinski definition) is 4. The van der Waals surface area contributed by atoms with E-state index < -0.39 is 36.4 Å². The van der Waals surface area contributed by atoms with E-state index in [2.05, 4.69) is 16.0 Å². The molecule has 0 saturated heterocycles. The van der Waals surface area contributed by atoms with Gasteiger partial charge >= 0.3 is 5.97 Å². The van der Waals surface area contributed by atoms with Gasteiger partial charge in [0.25, 0.3) is 0 Å². The monoisotopic (exact) mass is 537 g/mol. The summed E-state index contributed by atoms with van der Waals surface area (Å²) in [5, 5.41) is 19.0. The molecule has 0 saturated carbocycles. The molecule has 8 heteroatoms. The first-order chi connectivity index (χ1) is 19.4. The van der Waals surface area contributed by atoms with Gasteiger partial charge in [-0.2, -0.15) is 0 Å². The third kappa shape index (κ3) is 8.26. The Kier molecular flexibility index (Phi) is 9.61. The highest BCUT2D eigenvalue weighted by Crippen LogP contribution is 2.16. The van der Waals surface area contributed by atoms with Gasteiger partial charge in [0, 0.05) is 12.8 Å². The first-order valence-corrected chi connectivity index (χ1v) is 13.0. The molecule has 0 aromatic heterocycles. The Bertz CT molecular complexity index is 1470. The van der Waals surface area contributed by atoms with Crippen LogP contribution in [0.3, 0.4) is 0 Å². The molecule has 4 aromatic rings. The predicted octanol–water partition coefficient (Wildman–Crippen LogP) is 3.04. The van der Waals surface area contributed by atoms with Crippen molar-refractivity contribution < 1.29 is 24.3 Å². The van der Waals surface area contributed by atoms with Gasteiger partial charge in [-0.3, -0.25) is 19.2 Å². The highest BCUT2D eigenvalue weighted by atomic mass is 16.4. The average molecular weight is 538 g/mol. The molecule has 0 aliphatic heterocycles. The van der Waals surface area contributed by atoms with Gasteiger partial charge in [0.1, 0.15) is 18.6 Å². The van der Waals surface area contributed by atoms with Crippen LogP contribution in [0.15, 0.2) is 103 Å². The highest BCUT2D eigenvalue weighted by Gasteiger charge is 2.27. The van der Waals surface area contributed by atoms with Crippen molar-refractivity contribution in [2.75, 3.05) is 6.54 Å². The number of carboxylic acids is 1. The minimum atomic E-state index is -1.19. The van der Waals surface area contributed by atoms with Crippen LogP contribution in [-0.4, -0.2) is 47.4 Å². The lowest BCUT2D eigenvalue weighted by Gasteiger charge is -2.23. The van der Waals surface area contributed by atoms with Crippen molar-refractivity contribution in [3.8, 4) is 0 Å². The van der Waals surface area contributed by atoms with Crippen LogP contribution >= 0.6 is 0 Å². The van der Waals surface area contributed by atoms with Gasteiger partial charge < -0.3 is 21.1 Å². The van der Waals surface area contributed by atoms with E-state index in [1.165, 1.54) is 0 Å². The summed E-state index contributed by atoms with van der Waals surface area (Å²) < 4.78 is 0. The fraction of sp³-hybridized carbons (Fsp3) is 0.188. The zero-order chi connectivity index (χ0) is 28.3. The number of rotatable bonds is 12. The van der Waals surface area contributed by atoms with E-state index in [4.69, 9.17) is 5.11 Å². The first kappa shape index (κ1) is 28.0. The Morgan fingerprint density at radius 3 is 1.75 bits per heavy atom. The maximum absolute atomic E-state index is 13.5. The zero-order valence-corrected chi connectivity index (χ0v) is 21.9. The topological polar surface area (TPSA) is 125 Å². The molecule has 2 unspecified atom stereocenters. The molecular weight excluding hydrogens is 506 g/mol. The molecule has 0 aliphatic rings. The van der Waals surface area contributed by atoms with Crippen molar-refractivity contribution in [3.05, 3.63) is 120 Å². The molecule has 0 bridgehead atoms.